The summed E-state index contributed by atoms with van der Waals surface area (Å²) < 4.78 is 17.2. The molecule has 2 aliphatic rings. The lowest BCUT2D eigenvalue weighted by atomic mass is 10.1. The average molecular weight is 401 g/mol. The molecule has 8 nitrogen and oxygen atoms in total. The van der Waals surface area contributed by atoms with Crippen LogP contribution >= 0.6 is 11.5 Å². The van der Waals surface area contributed by atoms with Crippen molar-refractivity contribution in [3.05, 3.63) is 54.0 Å². The van der Waals surface area contributed by atoms with E-state index in [1.165, 1.54) is 17.1 Å². The molecule has 0 aromatic carbocycles. The molecule has 2 aromatic heterocycles. The molecule has 1 aliphatic heterocycles. The number of allylic oxidation sites excluding steroid dienone is 3. The molecule has 0 amide bonds. The lowest BCUT2D eigenvalue weighted by Crippen LogP contribution is -2.31. The highest BCUT2D eigenvalue weighted by atomic mass is 32.1. The van der Waals surface area contributed by atoms with Crippen LogP contribution in [0.4, 0.5) is 5.13 Å². The van der Waals surface area contributed by atoms with Gasteiger partial charge < -0.3 is 19.3 Å². The van der Waals surface area contributed by atoms with Crippen LogP contribution in [0.2, 0.25) is 0 Å². The van der Waals surface area contributed by atoms with Crippen molar-refractivity contribution in [1.82, 2.24) is 23.8 Å². The number of rotatable bonds is 8. The maximum atomic E-state index is 5.52. The first-order valence-electron chi connectivity index (χ1n) is 9.27. The molecule has 1 fully saturated rings. The average Bonchev–Trinajstić information content (AvgIpc) is 3.44. The second-order valence-electron chi connectivity index (χ2n) is 6.82. The van der Waals surface area contributed by atoms with E-state index in [9.17, 15) is 0 Å². The van der Waals surface area contributed by atoms with E-state index in [0.717, 1.165) is 49.1 Å². The first kappa shape index (κ1) is 18.7. The van der Waals surface area contributed by atoms with Gasteiger partial charge >= 0.3 is 0 Å². The SMILES string of the molecule is CN(CCC1=CCC=C2OCOC2=C1)CCN(C)c1nc(-n2ccnc2)ns1. The Labute approximate surface area is 168 Å². The molecule has 4 rings (SSSR count). The molecule has 1 saturated heterocycles. The number of nitrogens with zero attached hydrogens (tertiary/aromatic N) is 6. The second-order valence-corrected chi connectivity index (χ2v) is 7.55. The maximum Gasteiger partial charge on any atom is 0.248 e. The third-order valence-corrected chi connectivity index (χ3v) is 5.56. The Morgan fingerprint density at radius 2 is 2.04 bits per heavy atom. The standard InChI is InChI=1S/C19H24N6O2S/c1-23(8-6-15-4-3-5-16-17(12-15)27-14-26-16)10-11-24(2)19-21-18(22-28-19)25-9-7-20-13-25/h4-5,7,9,12-13H,3,6,8,10-11,14H2,1-2H3. The summed E-state index contributed by atoms with van der Waals surface area (Å²) in [6.45, 7) is 3.14. The van der Waals surface area contributed by atoms with Gasteiger partial charge in [-0.3, -0.25) is 4.57 Å². The summed E-state index contributed by atoms with van der Waals surface area (Å²) in [5.74, 6) is 2.39. The highest BCUT2D eigenvalue weighted by Crippen LogP contribution is 2.26. The molecule has 2 aromatic rings. The molecule has 148 valence electrons. The van der Waals surface area contributed by atoms with Crippen LogP contribution in [0.5, 0.6) is 0 Å². The molecular weight excluding hydrogens is 376 g/mol. The fourth-order valence-electron chi connectivity index (χ4n) is 2.98. The largest absolute Gasteiger partial charge is 0.454 e. The minimum Gasteiger partial charge on any atom is -0.454 e. The summed E-state index contributed by atoms with van der Waals surface area (Å²) in [7, 11) is 4.20. The lowest BCUT2D eigenvalue weighted by Gasteiger charge is -2.21. The zero-order valence-electron chi connectivity index (χ0n) is 16.1. The van der Waals surface area contributed by atoms with E-state index in [2.05, 4.69) is 56.5 Å². The van der Waals surface area contributed by atoms with Crippen molar-refractivity contribution in [2.45, 2.75) is 12.8 Å². The van der Waals surface area contributed by atoms with Gasteiger partial charge in [0.2, 0.25) is 17.9 Å². The van der Waals surface area contributed by atoms with Crippen LogP contribution in [0, 0.1) is 0 Å². The van der Waals surface area contributed by atoms with Gasteiger partial charge in [-0.05, 0) is 37.6 Å². The Kier molecular flexibility index (Phi) is 5.73. The van der Waals surface area contributed by atoms with Crippen molar-refractivity contribution in [1.29, 1.82) is 0 Å². The molecule has 0 atom stereocenters. The Bertz CT molecular complexity index is 886. The number of hydrogen-bond donors (Lipinski definition) is 0. The van der Waals surface area contributed by atoms with Gasteiger partial charge in [-0.1, -0.05) is 6.08 Å². The molecule has 0 saturated carbocycles. The zero-order valence-corrected chi connectivity index (χ0v) is 16.9. The Morgan fingerprint density at radius 1 is 1.14 bits per heavy atom. The lowest BCUT2D eigenvalue weighted by molar-refractivity contribution is 0.0974. The molecule has 0 bridgehead atoms. The van der Waals surface area contributed by atoms with Crippen molar-refractivity contribution in [2.24, 2.45) is 0 Å². The second kappa shape index (κ2) is 8.57. The molecule has 0 N–H and O–H groups in total. The van der Waals surface area contributed by atoms with Crippen LogP contribution in [-0.4, -0.2) is 64.3 Å². The van der Waals surface area contributed by atoms with Gasteiger partial charge in [0.25, 0.3) is 0 Å². The first-order valence-corrected chi connectivity index (χ1v) is 10.0. The van der Waals surface area contributed by atoms with Crippen LogP contribution in [0.15, 0.2) is 54.0 Å². The summed E-state index contributed by atoms with van der Waals surface area (Å²) in [4.78, 5) is 13.1. The van der Waals surface area contributed by atoms with Gasteiger partial charge in [-0.2, -0.15) is 9.36 Å². The molecule has 0 unspecified atom stereocenters. The third kappa shape index (κ3) is 4.42. The third-order valence-electron chi connectivity index (χ3n) is 4.74. The van der Waals surface area contributed by atoms with Gasteiger partial charge in [-0.15, -0.1) is 0 Å². The fourth-order valence-corrected chi connectivity index (χ4v) is 3.63. The molecule has 9 heteroatoms. The van der Waals surface area contributed by atoms with Crippen LogP contribution in [0.1, 0.15) is 12.8 Å². The van der Waals surface area contributed by atoms with E-state index in [0.29, 0.717) is 12.7 Å². The van der Waals surface area contributed by atoms with Crippen LogP contribution in [0.25, 0.3) is 5.95 Å². The van der Waals surface area contributed by atoms with Crippen LogP contribution < -0.4 is 4.90 Å². The van der Waals surface area contributed by atoms with Gasteiger partial charge in [0.1, 0.15) is 6.33 Å². The molecular formula is C19H24N6O2S. The highest BCUT2D eigenvalue weighted by Gasteiger charge is 2.18. The number of fused-ring (bicyclic) bond motifs is 1. The van der Waals surface area contributed by atoms with Gasteiger partial charge in [0, 0.05) is 50.6 Å². The predicted octanol–water partition coefficient (Wildman–Crippen LogP) is 2.58. The molecule has 3 heterocycles. The number of anilines is 1. The van der Waals surface area contributed by atoms with Crippen LogP contribution in [-0.2, 0) is 9.47 Å². The van der Waals surface area contributed by atoms with E-state index in [1.54, 1.807) is 12.5 Å². The van der Waals surface area contributed by atoms with Crippen molar-refractivity contribution in [3.8, 4) is 5.95 Å². The van der Waals surface area contributed by atoms with Gasteiger partial charge in [-0.25, -0.2) is 4.98 Å². The van der Waals surface area contributed by atoms with Crippen LogP contribution in [0.3, 0.4) is 0 Å². The normalized spacial score (nSPS) is 15.9. The van der Waals surface area contributed by atoms with Crippen molar-refractivity contribution in [3.63, 3.8) is 0 Å². The van der Waals surface area contributed by atoms with Crippen molar-refractivity contribution in [2.75, 3.05) is 45.4 Å². The summed E-state index contributed by atoms with van der Waals surface area (Å²) in [5.41, 5.74) is 1.29. The molecule has 1 aliphatic carbocycles. The zero-order chi connectivity index (χ0) is 19.3. The molecule has 0 spiro atoms. The Morgan fingerprint density at radius 3 is 2.89 bits per heavy atom. The number of imidazole rings is 1. The van der Waals surface area contributed by atoms with Gasteiger partial charge in [0.15, 0.2) is 11.5 Å². The number of likely N-dealkylation sites (N-methyl/N-ethyl adjacent to an activating group) is 2. The van der Waals surface area contributed by atoms with Crippen molar-refractivity contribution >= 4 is 16.7 Å². The maximum absolute atomic E-state index is 5.52. The smallest absolute Gasteiger partial charge is 0.248 e. The fraction of sp³-hybridized carbons (Fsp3) is 0.421. The molecule has 28 heavy (non-hydrogen) atoms. The summed E-state index contributed by atoms with van der Waals surface area (Å²) in [6, 6.07) is 0. The Balaban J connectivity index is 1.24. The van der Waals surface area contributed by atoms with E-state index < -0.39 is 0 Å². The number of hydrogen-bond acceptors (Lipinski definition) is 8. The van der Waals surface area contributed by atoms with Gasteiger partial charge in [0.05, 0.1) is 0 Å². The predicted molar refractivity (Wildman–Crippen MR) is 108 cm³/mol. The quantitative estimate of drug-likeness (QED) is 0.675. The van der Waals surface area contributed by atoms with Crippen molar-refractivity contribution < 1.29 is 9.47 Å². The van der Waals surface area contributed by atoms with E-state index in [-0.39, 0.29) is 0 Å². The summed E-state index contributed by atoms with van der Waals surface area (Å²) in [6.07, 6.45) is 13.6. The summed E-state index contributed by atoms with van der Waals surface area (Å²) >= 11 is 1.40. The van der Waals surface area contributed by atoms with E-state index in [1.807, 2.05) is 10.8 Å². The van der Waals surface area contributed by atoms with E-state index >= 15 is 0 Å². The summed E-state index contributed by atoms with van der Waals surface area (Å²) in [5, 5.41) is 0.908. The topological polar surface area (TPSA) is 68.5 Å². The highest BCUT2D eigenvalue weighted by molar-refractivity contribution is 7.09. The van der Waals surface area contributed by atoms with E-state index in [4.69, 9.17) is 9.47 Å². The number of aromatic nitrogens is 4. The molecule has 0 radical (unpaired) electrons. The number of ether oxygens (including phenoxy) is 2. The minimum atomic E-state index is 0.325. The first-order chi connectivity index (χ1) is 13.7. The monoisotopic (exact) mass is 400 g/mol. The minimum absolute atomic E-state index is 0.325. The Hall–Kier alpha value is -2.65.